The van der Waals surface area contributed by atoms with Gasteiger partial charge in [-0.25, -0.2) is 0 Å². The molecule has 1 amide bonds. The number of carbonyl (C=O) groups is 2. The van der Waals surface area contributed by atoms with Gasteiger partial charge in [-0.1, -0.05) is 291 Å². The molecule has 0 aromatic rings. The van der Waals surface area contributed by atoms with Crippen LogP contribution in [-0.2, 0) is 9.59 Å². The number of aliphatic hydroxyl groups is 2. The van der Waals surface area contributed by atoms with Crippen molar-refractivity contribution in [2.24, 2.45) is 0 Å². The first-order valence-corrected chi connectivity index (χ1v) is 35.4. The highest BCUT2D eigenvalue weighted by Gasteiger charge is 2.15. The maximum Gasteiger partial charge on any atom is 0.221 e. The zero-order valence-electron chi connectivity index (χ0n) is 53.4. The Morgan fingerprint density at radius 1 is 0.308 bits per heavy atom. The molecule has 0 radical (unpaired) electrons. The Balaban J connectivity index is 5.00. The number of hydrogen-bond donors (Lipinski definition) is 5. The van der Waals surface area contributed by atoms with Crippen LogP contribution in [0.2, 0.25) is 0 Å². The van der Waals surface area contributed by atoms with Gasteiger partial charge in [-0.2, -0.15) is 0 Å². The number of aliphatic hydroxyl groups excluding tert-OH is 2. The second-order valence-electron chi connectivity index (χ2n) is 24.7. The Kier molecular flexibility index (Phi) is 64.1. The summed E-state index contributed by atoms with van der Waals surface area (Å²) in [7, 11) is 0. The molecule has 2 atom stereocenters. The van der Waals surface area contributed by atoms with Crippen LogP contribution >= 0.6 is 0 Å². The monoisotopic (exact) mass is 1100 g/mol. The molecule has 0 bridgehead atoms. The summed E-state index contributed by atoms with van der Waals surface area (Å²) in [6.07, 6.45) is 62.4. The predicted octanol–water partition coefficient (Wildman–Crippen LogP) is 17.8. The Morgan fingerprint density at radius 3 is 0.885 bits per heavy atom. The lowest BCUT2D eigenvalue weighted by molar-refractivity contribution is -0.121. The summed E-state index contributed by atoms with van der Waals surface area (Å²) in [5, 5.41) is 32.4. The van der Waals surface area contributed by atoms with E-state index in [-0.39, 0.29) is 5.91 Å². The predicted molar refractivity (Wildman–Crippen MR) is 342 cm³/mol. The highest BCUT2D eigenvalue weighted by Crippen LogP contribution is 2.17. The van der Waals surface area contributed by atoms with E-state index < -0.39 is 12.2 Å². The maximum absolute atomic E-state index is 12.7. The van der Waals surface area contributed by atoms with E-state index in [9.17, 15) is 19.8 Å². The number of carbonyl (C=O) groups excluding carboxylic acids is 2. The fourth-order valence-corrected chi connectivity index (χ4v) is 11.3. The third kappa shape index (κ3) is 61.0. The van der Waals surface area contributed by atoms with Gasteiger partial charge in [-0.3, -0.25) is 9.59 Å². The molecule has 5 N–H and O–H groups in total. The third-order valence-corrected chi connectivity index (χ3v) is 16.6. The average Bonchev–Trinajstić information content (AvgIpc) is 3.43. The number of hydrogen-bond acceptors (Lipinski definition) is 8. The molecule has 0 aliphatic heterocycles. The van der Waals surface area contributed by atoms with Crippen molar-refractivity contribution in [1.29, 1.82) is 0 Å². The molecule has 0 aromatic carbocycles. The van der Waals surface area contributed by atoms with Crippen LogP contribution in [0.15, 0.2) is 0 Å². The van der Waals surface area contributed by atoms with E-state index in [2.05, 4.69) is 53.4 Å². The lowest BCUT2D eigenvalue weighted by Crippen LogP contribution is -2.41. The van der Waals surface area contributed by atoms with Crippen molar-refractivity contribution < 1.29 is 19.8 Å². The summed E-state index contributed by atoms with van der Waals surface area (Å²) >= 11 is 0. The largest absolute Gasteiger partial charge is 0.390 e. The second kappa shape index (κ2) is 65.1. The lowest BCUT2D eigenvalue weighted by atomic mass is 10.0. The van der Waals surface area contributed by atoms with Crippen molar-refractivity contribution in [2.75, 3.05) is 72.0 Å². The number of nitrogens with one attached hydrogen (secondary N) is 3. The number of unbranched alkanes of at least 4 members (excludes halogenated alkanes) is 42. The van der Waals surface area contributed by atoms with Gasteiger partial charge in [-0.05, 0) is 64.7 Å². The molecule has 0 aliphatic carbocycles. The van der Waals surface area contributed by atoms with Crippen molar-refractivity contribution in [3.63, 3.8) is 0 Å². The molecule has 9 nitrogen and oxygen atoms in total. The van der Waals surface area contributed by atoms with Gasteiger partial charge in [0, 0.05) is 65.1 Å². The van der Waals surface area contributed by atoms with Crippen molar-refractivity contribution in [1.82, 2.24) is 25.8 Å². The van der Waals surface area contributed by atoms with Crippen molar-refractivity contribution in [3.8, 4) is 0 Å². The number of amides is 1. The van der Waals surface area contributed by atoms with Crippen LogP contribution in [0.25, 0.3) is 0 Å². The summed E-state index contributed by atoms with van der Waals surface area (Å²) in [6.45, 7) is 17.5. The van der Waals surface area contributed by atoms with Crippen molar-refractivity contribution >= 4 is 11.7 Å². The molecule has 0 saturated heterocycles. The second-order valence-corrected chi connectivity index (χ2v) is 24.7. The molecule has 2 unspecified atom stereocenters. The first kappa shape index (κ1) is 76.9. The van der Waals surface area contributed by atoms with Crippen molar-refractivity contribution in [3.05, 3.63) is 0 Å². The van der Waals surface area contributed by atoms with Gasteiger partial charge in [0.05, 0.1) is 12.2 Å². The van der Waals surface area contributed by atoms with Gasteiger partial charge in [0.2, 0.25) is 5.91 Å². The fraction of sp³-hybridized carbons (Fsp3) is 0.971. The van der Waals surface area contributed by atoms with Crippen LogP contribution in [0.3, 0.4) is 0 Å². The normalized spacial score (nSPS) is 12.6. The Morgan fingerprint density at radius 2 is 0.564 bits per heavy atom. The number of rotatable bonds is 68. The van der Waals surface area contributed by atoms with Crippen LogP contribution in [0, 0.1) is 0 Å². The SMILES string of the molecule is CCCCCCCCCCCCCCN(CCCCN(CCCCCCCCCCCCCC)CC(O)CNCCC(=O)NCCCCCCCCCCCC)CC(O)CNCCC(=O)CCCCCCCCCCCCC. The van der Waals surface area contributed by atoms with E-state index in [0.29, 0.717) is 64.3 Å². The van der Waals surface area contributed by atoms with Gasteiger partial charge in [0.15, 0.2) is 0 Å². The van der Waals surface area contributed by atoms with E-state index >= 15 is 0 Å². The van der Waals surface area contributed by atoms with E-state index in [1.165, 1.54) is 276 Å². The molecule has 0 rings (SSSR count). The summed E-state index contributed by atoms with van der Waals surface area (Å²) < 4.78 is 0. The smallest absolute Gasteiger partial charge is 0.221 e. The van der Waals surface area contributed by atoms with Crippen LogP contribution < -0.4 is 16.0 Å². The fourth-order valence-electron chi connectivity index (χ4n) is 11.3. The summed E-state index contributed by atoms with van der Waals surface area (Å²) in [6, 6.07) is 0. The van der Waals surface area contributed by atoms with Gasteiger partial charge in [0.1, 0.15) is 5.78 Å². The highest BCUT2D eigenvalue weighted by atomic mass is 16.3. The first-order chi connectivity index (χ1) is 38.4. The molecule has 0 aromatic heterocycles. The number of Topliss-reactive ketones (excluding diaryl/α,β-unsaturated/α-hetero) is 1. The molecule has 0 spiro atoms. The molecular weight excluding hydrogens is 963 g/mol. The average molecular weight is 1100 g/mol. The zero-order chi connectivity index (χ0) is 56.7. The lowest BCUT2D eigenvalue weighted by Gasteiger charge is -2.27. The van der Waals surface area contributed by atoms with Crippen LogP contribution in [0.5, 0.6) is 0 Å². The van der Waals surface area contributed by atoms with E-state index in [0.717, 1.165) is 58.4 Å². The maximum atomic E-state index is 12.7. The molecule has 0 fully saturated rings. The Hall–Kier alpha value is -1.10. The Labute approximate surface area is 488 Å². The van der Waals surface area contributed by atoms with E-state index in [1.807, 2.05) is 0 Å². The minimum absolute atomic E-state index is 0.106. The highest BCUT2D eigenvalue weighted by molar-refractivity contribution is 5.78. The van der Waals surface area contributed by atoms with Crippen LogP contribution in [-0.4, -0.2) is 116 Å². The number of nitrogens with zero attached hydrogens (tertiary/aromatic N) is 2. The standard InChI is InChI=1S/C69H141N5O4/c1-5-9-13-17-21-25-29-32-36-40-44-48-58-73(64-67(76)62-70-56-53-66(75)52-46-42-38-34-31-27-23-19-15-11-7-3)60-50-51-61-74(59-49-45-41-37-33-30-26-22-18-14-10-6-2)65-68(77)63-71-57-54-69(78)72-55-47-43-39-35-28-24-20-16-12-8-4/h67-68,70-71,76-77H,5-65H2,1-4H3,(H,72,78). The molecule has 466 valence electrons. The summed E-state index contributed by atoms with van der Waals surface area (Å²) in [5.74, 6) is 0.460. The molecule has 0 aliphatic rings. The summed E-state index contributed by atoms with van der Waals surface area (Å²) in [5.41, 5.74) is 0. The molecule has 0 heterocycles. The molecule has 9 heteroatoms. The zero-order valence-corrected chi connectivity index (χ0v) is 53.4. The number of ketones is 1. The first-order valence-electron chi connectivity index (χ1n) is 35.4. The Bertz CT molecular complexity index is 1090. The molecule has 0 saturated carbocycles. The van der Waals surface area contributed by atoms with Crippen LogP contribution in [0.1, 0.15) is 349 Å². The quantitative estimate of drug-likeness (QED) is 0.0383. The van der Waals surface area contributed by atoms with Crippen molar-refractivity contribution in [2.45, 2.75) is 361 Å². The molecular formula is C69H141N5O4. The minimum Gasteiger partial charge on any atom is -0.390 e. The van der Waals surface area contributed by atoms with Gasteiger partial charge in [-0.15, -0.1) is 0 Å². The third-order valence-electron chi connectivity index (χ3n) is 16.6. The minimum atomic E-state index is -0.471. The van der Waals surface area contributed by atoms with Gasteiger partial charge >= 0.3 is 0 Å². The molecule has 78 heavy (non-hydrogen) atoms. The van der Waals surface area contributed by atoms with Crippen LogP contribution in [0.4, 0.5) is 0 Å². The topological polar surface area (TPSA) is 117 Å². The van der Waals surface area contributed by atoms with E-state index in [4.69, 9.17) is 0 Å². The summed E-state index contributed by atoms with van der Waals surface area (Å²) in [4.78, 5) is 30.2. The van der Waals surface area contributed by atoms with E-state index in [1.54, 1.807) is 0 Å². The van der Waals surface area contributed by atoms with Gasteiger partial charge < -0.3 is 36.0 Å². The van der Waals surface area contributed by atoms with Gasteiger partial charge in [0.25, 0.3) is 0 Å².